The zero-order valence-corrected chi connectivity index (χ0v) is 11.0. The molecule has 0 aromatic rings. The van der Waals surface area contributed by atoms with E-state index >= 15 is 0 Å². The van der Waals surface area contributed by atoms with E-state index in [0.29, 0.717) is 5.41 Å². The Balaban J connectivity index is 2.88. The van der Waals surface area contributed by atoms with Gasteiger partial charge in [-0.15, -0.1) is 0 Å². The van der Waals surface area contributed by atoms with Crippen LogP contribution in [0.1, 0.15) is 52.9 Å². The van der Waals surface area contributed by atoms with Gasteiger partial charge in [-0.1, -0.05) is 33.6 Å². The smallest absolute Gasteiger partial charge is 0.0379 e. The Labute approximate surface area is 95.2 Å². The Bertz CT molecular complexity index is 201. The highest BCUT2D eigenvalue weighted by Crippen LogP contribution is 2.46. The van der Waals surface area contributed by atoms with Gasteiger partial charge in [0.15, 0.2) is 0 Å². The molecule has 0 heterocycles. The van der Waals surface area contributed by atoms with Crippen molar-refractivity contribution in [2.24, 2.45) is 11.1 Å². The van der Waals surface area contributed by atoms with Gasteiger partial charge < -0.3 is 5.73 Å². The molecule has 1 aliphatic carbocycles. The lowest BCUT2D eigenvalue weighted by Crippen LogP contribution is -2.62. The van der Waals surface area contributed by atoms with Crippen molar-refractivity contribution in [1.29, 1.82) is 0 Å². The van der Waals surface area contributed by atoms with Gasteiger partial charge >= 0.3 is 0 Å². The van der Waals surface area contributed by atoms with Crippen LogP contribution in [0, 0.1) is 5.41 Å². The van der Waals surface area contributed by atoms with E-state index in [0.717, 1.165) is 6.54 Å². The van der Waals surface area contributed by atoms with E-state index in [4.69, 9.17) is 5.73 Å². The lowest BCUT2D eigenvalue weighted by Gasteiger charge is -2.55. The van der Waals surface area contributed by atoms with E-state index < -0.39 is 0 Å². The standard InChI is InChI=1S/C13H28N2/c1-5-10-15(4)13(11-14)9-7-6-8-12(13,2)3/h5-11,14H2,1-4H3. The summed E-state index contributed by atoms with van der Waals surface area (Å²) < 4.78 is 0. The molecule has 0 aliphatic heterocycles. The van der Waals surface area contributed by atoms with Crippen LogP contribution in [0.4, 0.5) is 0 Å². The first-order valence-electron chi connectivity index (χ1n) is 6.41. The number of nitrogens with zero attached hydrogens (tertiary/aromatic N) is 1. The molecule has 0 aromatic heterocycles. The van der Waals surface area contributed by atoms with Crippen molar-refractivity contribution in [3.8, 4) is 0 Å². The van der Waals surface area contributed by atoms with Crippen LogP contribution in [0.15, 0.2) is 0 Å². The van der Waals surface area contributed by atoms with Crippen LogP contribution in [-0.2, 0) is 0 Å². The summed E-state index contributed by atoms with van der Waals surface area (Å²) in [4.78, 5) is 2.52. The molecule has 1 rings (SSSR count). The highest BCUT2D eigenvalue weighted by atomic mass is 15.2. The predicted molar refractivity (Wildman–Crippen MR) is 67.0 cm³/mol. The van der Waals surface area contributed by atoms with Crippen LogP contribution in [-0.4, -0.2) is 30.6 Å². The van der Waals surface area contributed by atoms with Gasteiger partial charge in [0.1, 0.15) is 0 Å². The van der Waals surface area contributed by atoms with Crippen molar-refractivity contribution >= 4 is 0 Å². The number of hydrogen-bond donors (Lipinski definition) is 1. The number of hydrogen-bond acceptors (Lipinski definition) is 2. The Morgan fingerprint density at radius 2 is 1.80 bits per heavy atom. The topological polar surface area (TPSA) is 29.3 Å². The highest BCUT2D eigenvalue weighted by molar-refractivity contribution is 5.04. The van der Waals surface area contributed by atoms with Crippen molar-refractivity contribution in [2.45, 2.75) is 58.4 Å². The Morgan fingerprint density at radius 3 is 2.27 bits per heavy atom. The third-order valence-corrected chi connectivity index (χ3v) is 4.53. The minimum Gasteiger partial charge on any atom is -0.329 e. The summed E-state index contributed by atoms with van der Waals surface area (Å²) in [6, 6.07) is 0. The second-order valence-corrected chi connectivity index (χ2v) is 5.75. The average molecular weight is 212 g/mol. The maximum atomic E-state index is 6.10. The van der Waals surface area contributed by atoms with Crippen LogP contribution in [0.3, 0.4) is 0 Å². The first-order chi connectivity index (χ1) is 7.00. The van der Waals surface area contributed by atoms with E-state index in [1.165, 1.54) is 38.6 Å². The zero-order valence-electron chi connectivity index (χ0n) is 11.0. The Kier molecular flexibility index (Phi) is 4.19. The van der Waals surface area contributed by atoms with Crippen LogP contribution >= 0.6 is 0 Å². The molecule has 2 nitrogen and oxygen atoms in total. The molecular formula is C13H28N2. The van der Waals surface area contributed by atoms with Gasteiger partial charge in [0, 0.05) is 12.1 Å². The molecule has 0 aromatic carbocycles. The predicted octanol–water partition coefficient (Wildman–Crippen LogP) is 2.63. The largest absolute Gasteiger partial charge is 0.329 e. The molecule has 2 heteroatoms. The molecule has 0 saturated heterocycles. The summed E-state index contributed by atoms with van der Waals surface area (Å²) in [5, 5.41) is 0. The maximum absolute atomic E-state index is 6.10. The second-order valence-electron chi connectivity index (χ2n) is 5.75. The Morgan fingerprint density at radius 1 is 1.20 bits per heavy atom. The van der Waals surface area contributed by atoms with E-state index in [-0.39, 0.29) is 5.54 Å². The Hall–Kier alpha value is -0.0800. The van der Waals surface area contributed by atoms with Gasteiger partial charge in [-0.05, 0) is 38.3 Å². The number of likely N-dealkylation sites (N-methyl/N-ethyl adjacent to an activating group) is 1. The van der Waals surface area contributed by atoms with Gasteiger partial charge in [0.25, 0.3) is 0 Å². The van der Waals surface area contributed by atoms with Crippen molar-refractivity contribution in [3.63, 3.8) is 0 Å². The van der Waals surface area contributed by atoms with Gasteiger partial charge in [0.05, 0.1) is 0 Å². The van der Waals surface area contributed by atoms with Crippen molar-refractivity contribution in [1.82, 2.24) is 4.90 Å². The molecule has 0 spiro atoms. The quantitative estimate of drug-likeness (QED) is 0.776. The minimum atomic E-state index is 0.237. The van der Waals surface area contributed by atoms with E-state index in [9.17, 15) is 0 Å². The molecule has 1 fully saturated rings. The lowest BCUT2D eigenvalue weighted by molar-refractivity contribution is -0.0285. The zero-order chi connectivity index (χ0) is 11.5. The molecule has 0 radical (unpaired) electrons. The normalized spacial score (nSPS) is 30.8. The summed E-state index contributed by atoms with van der Waals surface area (Å²) in [6.45, 7) is 9.00. The molecule has 2 N–H and O–H groups in total. The van der Waals surface area contributed by atoms with Crippen molar-refractivity contribution < 1.29 is 0 Å². The number of nitrogens with two attached hydrogens (primary N) is 1. The lowest BCUT2D eigenvalue weighted by atomic mass is 9.62. The van der Waals surface area contributed by atoms with Gasteiger partial charge in [-0.2, -0.15) is 0 Å². The van der Waals surface area contributed by atoms with Gasteiger partial charge in [0.2, 0.25) is 0 Å². The van der Waals surface area contributed by atoms with Gasteiger partial charge in [-0.3, -0.25) is 4.90 Å². The molecular weight excluding hydrogens is 184 g/mol. The maximum Gasteiger partial charge on any atom is 0.0379 e. The molecule has 1 unspecified atom stereocenters. The molecule has 15 heavy (non-hydrogen) atoms. The third kappa shape index (κ3) is 2.21. The van der Waals surface area contributed by atoms with Crippen molar-refractivity contribution in [2.75, 3.05) is 20.1 Å². The molecule has 1 saturated carbocycles. The van der Waals surface area contributed by atoms with Crippen LogP contribution in [0.5, 0.6) is 0 Å². The highest BCUT2D eigenvalue weighted by Gasteiger charge is 2.47. The SMILES string of the molecule is CCCN(C)C1(CN)CCCCC1(C)C. The summed E-state index contributed by atoms with van der Waals surface area (Å²) in [5.74, 6) is 0. The summed E-state index contributed by atoms with van der Waals surface area (Å²) in [7, 11) is 2.25. The third-order valence-electron chi connectivity index (χ3n) is 4.53. The van der Waals surface area contributed by atoms with E-state index in [1.54, 1.807) is 0 Å². The second kappa shape index (κ2) is 4.84. The fraction of sp³-hybridized carbons (Fsp3) is 1.00. The fourth-order valence-corrected chi connectivity index (χ4v) is 3.35. The summed E-state index contributed by atoms with van der Waals surface area (Å²) in [6.07, 6.45) is 6.52. The van der Waals surface area contributed by atoms with E-state index in [2.05, 4.69) is 32.7 Å². The molecule has 1 atom stereocenters. The molecule has 0 bridgehead atoms. The first kappa shape index (κ1) is 13.0. The monoisotopic (exact) mass is 212 g/mol. The van der Waals surface area contributed by atoms with Crippen molar-refractivity contribution in [3.05, 3.63) is 0 Å². The van der Waals surface area contributed by atoms with E-state index in [1.807, 2.05) is 0 Å². The van der Waals surface area contributed by atoms with Crippen LogP contribution in [0.2, 0.25) is 0 Å². The molecule has 0 amide bonds. The molecule has 1 aliphatic rings. The summed E-state index contributed by atoms with van der Waals surface area (Å²) in [5.41, 5.74) is 6.71. The molecule has 90 valence electrons. The van der Waals surface area contributed by atoms with Crippen LogP contribution in [0.25, 0.3) is 0 Å². The fourth-order valence-electron chi connectivity index (χ4n) is 3.35. The number of rotatable bonds is 4. The first-order valence-corrected chi connectivity index (χ1v) is 6.41. The summed E-state index contributed by atoms with van der Waals surface area (Å²) >= 11 is 0. The van der Waals surface area contributed by atoms with Gasteiger partial charge in [-0.25, -0.2) is 0 Å². The van der Waals surface area contributed by atoms with Crippen LogP contribution < -0.4 is 5.73 Å². The minimum absolute atomic E-state index is 0.237. The average Bonchev–Trinajstić information content (AvgIpc) is 2.18.